The lowest BCUT2D eigenvalue weighted by Gasteiger charge is -2.26. The Hall–Kier alpha value is -1.20. The average Bonchev–Trinajstić information content (AvgIpc) is 3.01. The van der Waals surface area contributed by atoms with E-state index in [0.29, 0.717) is 18.0 Å². The van der Waals surface area contributed by atoms with Crippen molar-refractivity contribution in [2.45, 2.75) is 37.1 Å². The summed E-state index contributed by atoms with van der Waals surface area (Å²) in [5.41, 5.74) is 0.449. The fourth-order valence-corrected chi connectivity index (χ4v) is 4.97. The summed E-state index contributed by atoms with van der Waals surface area (Å²) in [7, 11) is -3.44. The van der Waals surface area contributed by atoms with Crippen LogP contribution in [0, 0.1) is 5.92 Å². The lowest BCUT2D eigenvalue weighted by molar-refractivity contribution is 0.101. The number of carbonyl (C=O) groups is 1. The van der Waals surface area contributed by atoms with Gasteiger partial charge in [-0.25, -0.2) is 8.42 Å². The third-order valence-corrected chi connectivity index (χ3v) is 6.12. The van der Waals surface area contributed by atoms with Gasteiger partial charge in [0.1, 0.15) is 0 Å². The lowest BCUT2D eigenvalue weighted by Crippen LogP contribution is -2.37. The summed E-state index contributed by atoms with van der Waals surface area (Å²) >= 11 is 0. The fourth-order valence-electron chi connectivity index (χ4n) is 3.18. The molecule has 0 radical (unpaired) electrons. The Kier molecular flexibility index (Phi) is 2.98. The van der Waals surface area contributed by atoms with Crippen molar-refractivity contribution in [3.63, 3.8) is 0 Å². The van der Waals surface area contributed by atoms with Gasteiger partial charge in [0.25, 0.3) is 0 Å². The van der Waals surface area contributed by atoms with Gasteiger partial charge in [0.2, 0.25) is 10.0 Å². The zero-order valence-electron chi connectivity index (χ0n) is 10.9. The normalized spacial score (nSPS) is 26.8. The zero-order chi connectivity index (χ0) is 13.6. The molecule has 5 heteroatoms. The smallest absolute Gasteiger partial charge is 0.243 e. The Balaban J connectivity index is 1.96. The summed E-state index contributed by atoms with van der Waals surface area (Å²) in [6, 6.07) is 6.52. The van der Waals surface area contributed by atoms with Crippen molar-refractivity contribution >= 4 is 15.8 Å². The second-order valence-corrected chi connectivity index (χ2v) is 7.38. The molecule has 0 amide bonds. The fraction of sp³-hybridized carbons (Fsp3) is 0.500. The standard InChI is InChI=1S/C14H17NO3S/c1-10(16)12-3-2-4-14(8-12)19(17,18)15-9-11-5-6-13(15)7-11/h2-4,8,11,13H,5-7,9H2,1H3. The van der Waals surface area contributed by atoms with Crippen LogP contribution in [0.2, 0.25) is 0 Å². The van der Waals surface area contributed by atoms with Gasteiger partial charge in [0.05, 0.1) is 4.90 Å². The molecule has 0 aromatic heterocycles. The highest BCUT2D eigenvalue weighted by Gasteiger charge is 2.44. The highest BCUT2D eigenvalue weighted by molar-refractivity contribution is 7.89. The number of carbonyl (C=O) groups excluding carboxylic acids is 1. The first-order chi connectivity index (χ1) is 8.98. The minimum atomic E-state index is -3.44. The van der Waals surface area contributed by atoms with Crippen LogP contribution in [0.5, 0.6) is 0 Å². The average molecular weight is 279 g/mol. The van der Waals surface area contributed by atoms with Crippen LogP contribution in [0.15, 0.2) is 29.2 Å². The molecule has 4 nitrogen and oxygen atoms in total. The summed E-state index contributed by atoms with van der Waals surface area (Å²) in [6.45, 7) is 2.08. The van der Waals surface area contributed by atoms with E-state index in [-0.39, 0.29) is 16.7 Å². The molecule has 1 aliphatic carbocycles. The Morgan fingerprint density at radius 3 is 2.68 bits per heavy atom. The third kappa shape index (κ3) is 2.11. The molecule has 0 N–H and O–H groups in total. The SMILES string of the molecule is CC(=O)c1cccc(S(=O)(=O)N2CC3CCC2C3)c1. The number of nitrogens with zero attached hydrogens (tertiary/aromatic N) is 1. The first kappa shape index (κ1) is 12.8. The number of rotatable bonds is 3. The van der Waals surface area contributed by atoms with Crippen molar-refractivity contribution in [2.75, 3.05) is 6.54 Å². The topological polar surface area (TPSA) is 54.5 Å². The van der Waals surface area contributed by atoms with Gasteiger partial charge in [-0.05, 0) is 44.2 Å². The molecule has 1 aliphatic heterocycles. The van der Waals surface area contributed by atoms with Gasteiger partial charge in [-0.2, -0.15) is 4.31 Å². The van der Waals surface area contributed by atoms with Crippen molar-refractivity contribution < 1.29 is 13.2 Å². The Morgan fingerprint density at radius 1 is 1.32 bits per heavy atom. The number of fused-ring (bicyclic) bond motifs is 2. The molecular formula is C14H17NO3S. The number of ketones is 1. The van der Waals surface area contributed by atoms with E-state index in [9.17, 15) is 13.2 Å². The molecule has 1 aromatic carbocycles. The highest BCUT2D eigenvalue weighted by Crippen LogP contribution is 2.40. The van der Waals surface area contributed by atoms with Gasteiger partial charge in [0, 0.05) is 18.2 Å². The monoisotopic (exact) mass is 279 g/mol. The second kappa shape index (κ2) is 4.42. The van der Waals surface area contributed by atoms with Crippen LogP contribution < -0.4 is 0 Å². The molecule has 3 rings (SSSR count). The Labute approximate surface area is 113 Å². The quantitative estimate of drug-likeness (QED) is 0.796. The van der Waals surface area contributed by atoms with Gasteiger partial charge in [-0.15, -0.1) is 0 Å². The minimum Gasteiger partial charge on any atom is -0.295 e. The van der Waals surface area contributed by atoms with Gasteiger partial charge in [-0.3, -0.25) is 4.79 Å². The molecule has 19 heavy (non-hydrogen) atoms. The maximum atomic E-state index is 12.6. The van der Waals surface area contributed by atoms with E-state index >= 15 is 0 Å². The van der Waals surface area contributed by atoms with Crippen molar-refractivity contribution in [1.82, 2.24) is 4.31 Å². The minimum absolute atomic E-state index is 0.111. The molecule has 1 aromatic rings. The summed E-state index contributed by atoms with van der Waals surface area (Å²) in [4.78, 5) is 11.6. The van der Waals surface area contributed by atoms with Gasteiger partial charge < -0.3 is 0 Å². The van der Waals surface area contributed by atoms with Crippen LogP contribution in [0.3, 0.4) is 0 Å². The largest absolute Gasteiger partial charge is 0.295 e. The van der Waals surface area contributed by atoms with Crippen molar-refractivity contribution in [2.24, 2.45) is 5.92 Å². The van der Waals surface area contributed by atoms with Crippen LogP contribution in [-0.2, 0) is 10.0 Å². The van der Waals surface area contributed by atoms with Crippen molar-refractivity contribution in [3.8, 4) is 0 Å². The second-order valence-electron chi connectivity index (χ2n) is 5.49. The highest BCUT2D eigenvalue weighted by atomic mass is 32.2. The third-order valence-electron chi connectivity index (χ3n) is 4.21. The molecule has 102 valence electrons. The maximum Gasteiger partial charge on any atom is 0.243 e. The molecule has 2 fully saturated rings. The number of piperidine rings is 1. The Morgan fingerprint density at radius 2 is 2.11 bits per heavy atom. The molecule has 2 unspecified atom stereocenters. The van der Waals surface area contributed by atoms with E-state index in [2.05, 4.69) is 0 Å². The Bertz CT molecular complexity index is 623. The number of hydrogen-bond acceptors (Lipinski definition) is 3. The number of sulfonamides is 1. The van der Waals surface area contributed by atoms with Crippen molar-refractivity contribution in [3.05, 3.63) is 29.8 Å². The van der Waals surface area contributed by atoms with Crippen LogP contribution in [0.25, 0.3) is 0 Å². The van der Waals surface area contributed by atoms with Crippen LogP contribution in [0.4, 0.5) is 0 Å². The molecule has 1 heterocycles. The number of hydrogen-bond donors (Lipinski definition) is 0. The predicted molar refractivity (Wildman–Crippen MR) is 71.5 cm³/mol. The van der Waals surface area contributed by atoms with E-state index in [4.69, 9.17) is 0 Å². The molecule has 2 bridgehead atoms. The van der Waals surface area contributed by atoms with Crippen molar-refractivity contribution in [1.29, 1.82) is 0 Å². The first-order valence-electron chi connectivity index (χ1n) is 6.61. The predicted octanol–water partition coefficient (Wildman–Crippen LogP) is 2.06. The maximum absolute atomic E-state index is 12.6. The van der Waals surface area contributed by atoms with E-state index in [1.165, 1.54) is 13.0 Å². The zero-order valence-corrected chi connectivity index (χ0v) is 11.7. The molecule has 1 saturated heterocycles. The van der Waals surface area contributed by atoms with E-state index in [1.54, 1.807) is 22.5 Å². The van der Waals surface area contributed by atoms with Crippen LogP contribution >= 0.6 is 0 Å². The molecule has 1 saturated carbocycles. The van der Waals surface area contributed by atoms with Crippen LogP contribution in [-0.4, -0.2) is 31.1 Å². The van der Waals surface area contributed by atoms with Crippen LogP contribution in [0.1, 0.15) is 36.5 Å². The van der Waals surface area contributed by atoms with Gasteiger partial charge in [0.15, 0.2) is 5.78 Å². The summed E-state index contributed by atoms with van der Waals surface area (Å²) in [5.74, 6) is 0.413. The summed E-state index contributed by atoms with van der Waals surface area (Å²) in [6.07, 6.45) is 3.10. The molecule has 0 spiro atoms. The lowest BCUT2D eigenvalue weighted by atomic mass is 10.1. The van der Waals surface area contributed by atoms with E-state index in [1.807, 2.05) is 0 Å². The summed E-state index contributed by atoms with van der Waals surface area (Å²) < 4.78 is 26.9. The molecule has 2 atom stereocenters. The van der Waals surface area contributed by atoms with Gasteiger partial charge in [-0.1, -0.05) is 12.1 Å². The number of Topliss-reactive ketones (excluding diaryl/α,β-unsaturated/α-hetero) is 1. The van der Waals surface area contributed by atoms with E-state index < -0.39 is 10.0 Å². The van der Waals surface area contributed by atoms with E-state index in [0.717, 1.165) is 19.3 Å². The molecule has 2 aliphatic rings. The summed E-state index contributed by atoms with van der Waals surface area (Å²) in [5, 5.41) is 0. The van der Waals surface area contributed by atoms with Gasteiger partial charge >= 0.3 is 0 Å². The molecular weight excluding hydrogens is 262 g/mol. The number of benzene rings is 1. The first-order valence-corrected chi connectivity index (χ1v) is 8.05.